The molecule has 1 saturated heterocycles. The first-order chi connectivity index (χ1) is 14.1. The van der Waals surface area contributed by atoms with E-state index in [1.165, 1.54) is 12.1 Å². The van der Waals surface area contributed by atoms with E-state index in [4.69, 9.17) is 9.31 Å². The van der Waals surface area contributed by atoms with Gasteiger partial charge in [-0.2, -0.15) is 13.2 Å². The highest BCUT2D eigenvalue weighted by Gasteiger charge is 2.54. The van der Waals surface area contributed by atoms with Crippen molar-refractivity contribution in [3.63, 3.8) is 0 Å². The highest BCUT2D eigenvalue weighted by Crippen LogP contribution is 2.44. The third-order valence-electron chi connectivity index (χ3n) is 6.32. The third kappa shape index (κ3) is 5.35. The Labute approximate surface area is 184 Å². The average Bonchev–Trinajstić information content (AvgIpc) is 2.86. The molecule has 1 aliphatic rings. The second-order valence-electron chi connectivity index (χ2n) is 10.7. The molecule has 1 aliphatic heterocycles. The first-order valence-corrected chi connectivity index (χ1v) is 10.7. The van der Waals surface area contributed by atoms with Crippen molar-refractivity contribution in [2.24, 2.45) is 5.41 Å². The van der Waals surface area contributed by atoms with Crippen LogP contribution in [0.5, 0.6) is 0 Å². The molecule has 168 valence electrons. The van der Waals surface area contributed by atoms with Crippen LogP contribution < -0.4 is 0 Å². The Hall–Kier alpha value is -1.79. The lowest BCUT2D eigenvalue weighted by Gasteiger charge is -2.32. The van der Waals surface area contributed by atoms with E-state index >= 15 is 0 Å². The minimum Gasteiger partial charge on any atom is -0.403 e. The van der Waals surface area contributed by atoms with E-state index in [-0.39, 0.29) is 18.4 Å². The maximum absolute atomic E-state index is 12.8. The Morgan fingerprint density at radius 1 is 0.774 bits per heavy atom. The maximum Gasteiger partial charge on any atom is 0.465 e. The van der Waals surface area contributed by atoms with Crippen LogP contribution in [-0.2, 0) is 15.5 Å². The highest BCUT2D eigenvalue weighted by atomic mass is 19.4. The molecule has 0 saturated carbocycles. The lowest BCUT2D eigenvalue weighted by molar-refractivity contribution is -0.137. The molecule has 0 aromatic heterocycles. The molecular weight excluding hydrogens is 400 g/mol. The van der Waals surface area contributed by atoms with Crippen molar-refractivity contribution in [1.82, 2.24) is 0 Å². The van der Waals surface area contributed by atoms with E-state index in [1.807, 2.05) is 24.3 Å². The van der Waals surface area contributed by atoms with Gasteiger partial charge < -0.3 is 9.31 Å². The van der Waals surface area contributed by atoms with Crippen molar-refractivity contribution < 1.29 is 22.5 Å². The Balaban J connectivity index is 1.88. The molecule has 0 radical (unpaired) electrons. The summed E-state index contributed by atoms with van der Waals surface area (Å²) < 4.78 is 51.2. The van der Waals surface area contributed by atoms with E-state index in [0.717, 1.165) is 35.2 Å². The van der Waals surface area contributed by atoms with Gasteiger partial charge in [0.05, 0.1) is 16.8 Å². The largest absolute Gasteiger partial charge is 0.465 e. The van der Waals surface area contributed by atoms with Gasteiger partial charge in [-0.3, -0.25) is 0 Å². The van der Waals surface area contributed by atoms with E-state index in [0.29, 0.717) is 0 Å². The smallest absolute Gasteiger partial charge is 0.403 e. The van der Waals surface area contributed by atoms with Crippen molar-refractivity contribution in [3.8, 4) is 11.1 Å². The van der Waals surface area contributed by atoms with E-state index in [2.05, 4.69) is 48.5 Å². The molecule has 2 aromatic rings. The van der Waals surface area contributed by atoms with E-state index < -0.39 is 22.9 Å². The average molecular weight is 432 g/mol. The molecule has 0 aliphatic carbocycles. The maximum atomic E-state index is 12.8. The van der Waals surface area contributed by atoms with Crippen molar-refractivity contribution in [2.45, 2.75) is 78.1 Å². The minimum absolute atomic E-state index is 0.0442. The first-order valence-electron chi connectivity index (χ1n) is 10.7. The summed E-state index contributed by atoms with van der Waals surface area (Å²) in [5, 5.41) is 0. The van der Waals surface area contributed by atoms with Gasteiger partial charge in [0.15, 0.2) is 0 Å². The zero-order chi connectivity index (χ0) is 23.2. The van der Waals surface area contributed by atoms with Crippen LogP contribution in [0.1, 0.15) is 71.8 Å². The van der Waals surface area contributed by atoms with Crippen LogP contribution in [-0.4, -0.2) is 18.3 Å². The fourth-order valence-electron chi connectivity index (χ4n) is 3.86. The predicted molar refractivity (Wildman–Crippen MR) is 120 cm³/mol. The van der Waals surface area contributed by atoms with Crippen LogP contribution in [0.2, 0.25) is 0 Å². The van der Waals surface area contributed by atoms with Crippen LogP contribution in [0.15, 0.2) is 48.5 Å². The summed E-state index contributed by atoms with van der Waals surface area (Å²) in [7, 11) is -0.360. The van der Waals surface area contributed by atoms with Gasteiger partial charge in [-0.1, -0.05) is 57.2 Å². The molecule has 0 spiro atoms. The molecule has 1 heterocycles. The molecule has 1 atom stereocenters. The van der Waals surface area contributed by atoms with Crippen molar-refractivity contribution in [3.05, 3.63) is 59.7 Å². The summed E-state index contributed by atoms with van der Waals surface area (Å²) in [6.07, 6.45) is -3.45. The van der Waals surface area contributed by atoms with Gasteiger partial charge in [-0.05, 0) is 68.4 Å². The second-order valence-corrected chi connectivity index (χ2v) is 10.7. The van der Waals surface area contributed by atoms with Crippen molar-refractivity contribution >= 4 is 7.12 Å². The Bertz CT molecular complexity index is 878. The quantitative estimate of drug-likeness (QED) is 0.465. The van der Waals surface area contributed by atoms with Crippen LogP contribution in [0.3, 0.4) is 0 Å². The predicted octanol–water partition coefficient (Wildman–Crippen LogP) is 7.52. The summed E-state index contributed by atoms with van der Waals surface area (Å²) >= 11 is 0. The lowest BCUT2D eigenvalue weighted by atomic mass is 9.62. The molecule has 0 bridgehead atoms. The standard InChI is InChI=1S/C25H32BF3O2/c1-22(2,3)16-21(26-30-23(4,5)24(6,7)31-26)19-10-8-17(9-11-19)18-12-14-20(15-13-18)25(27,28)29/h8-15,21H,16H2,1-7H3. The molecule has 0 N–H and O–H groups in total. The Morgan fingerprint density at radius 2 is 1.19 bits per heavy atom. The summed E-state index contributed by atoms with van der Waals surface area (Å²) in [6.45, 7) is 14.8. The number of benzene rings is 2. The van der Waals surface area contributed by atoms with E-state index in [9.17, 15) is 13.2 Å². The molecule has 2 aromatic carbocycles. The number of halogens is 3. The summed E-state index contributed by atoms with van der Waals surface area (Å²) in [4.78, 5) is 0. The van der Waals surface area contributed by atoms with Crippen LogP contribution in [0.4, 0.5) is 13.2 Å². The van der Waals surface area contributed by atoms with Crippen LogP contribution >= 0.6 is 0 Å². The molecule has 1 fully saturated rings. The summed E-state index contributed by atoms with van der Waals surface area (Å²) in [5.41, 5.74) is 1.34. The van der Waals surface area contributed by atoms with Gasteiger partial charge in [0.2, 0.25) is 0 Å². The lowest BCUT2D eigenvalue weighted by Crippen LogP contribution is -2.41. The fourth-order valence-corrected chi connectivity index (χ4v) is 3.86. The molecule has 2 nitrogen and oxygen atoms in total. The van der Waals surface area contributed by atoms with Gasteiger partial charge in [0.25, 0.3) is 0 Å². The molecule has 3 rings (SSSR count). The number of hydrogen-bond donors (Lipinski definition) is 0. The summed E-state index contributed by atoms with van der Waals surface area (Å²) in [6, 6.07) is 13.3. The highest BCUT2D eigenvalue weighted by molar-refractivity contribution is 6.47. The van der Waals surface area contributed by atoms with Gasteiger partial charge in [0.1, 0.15) is 0 Å². The zero-order valence-corrected chi connectivity index (χ0v) is 19.4. The number of rotatable bonds is 4. The number of alkyl halides is 3. The van der Waals surface area contributed by atoms with Crippen molar-refractivity contribution in [1.29, 1.82) is 0 Å². The monoisotopic (exact) mass is 432 g/mol. The van der Waals surface area contributed by atoms with Crippen molar-refractivity contribution in [2.75, 3.05) is 0 Å². The van der Waals surface area contributed by atoms with E-state index in [1.54, 1.807) is 0 Å². The summed E-state index contributed by atoms with van der Waals surface area (Å²) in [5.74, 6) is 0.0442. The topological polar surface area (TPSA) is 18.5 Å². The Kier molecular flexibility index (Phi) is 6.13. The van der Waals surface area contributed by atoms with Gasteiger partial charge >= 0.3 is 13.3 Å². The van der Waals surface area contributed by atoms with Crippen LogP contribution in [0, 0.1) is 5.41 Å². The number of hydrogen-bond acceptors (Lipinski definition) is 2. The molecular formula is C25H32BF3O2. The SMILES string of the molecule is CC(C)(C)CC(B1OC(C)(C)C(C)(C)O1)c1ccc(-c2ccc(C(F)(F)F)cc2)cc1. The minimum atomic E-state index is -4.33. The van der Waals surface area contributed by atoms with Gasteiger partial charge in [-0.25, -0.2) is 0 Å². The fraction of sp³-hybridized carbons (Fsp3) is 0.520. The molecule has 6 heteroatoms. The van der Waals surface area contributed by atoms with Gasteiger partial charge in [-0.15, -0.1) is 0 Å². The van der Waals surface area contributed by atoms with Gasteiger partial charge in [0, 0.05) is 5.82 Å². The Morgan fingerprint density at radius 3 is 1.58 bits per heavy atom. The second kappa shape index (κ2) is 7.97. The molecule has 1 unspecified atom stereocenters. The third-order valence-corrected chi connectivity index (χ3v) is 6.32. The first kappa shape index (κ1) is 23.9. The molecule has 31 heavy (non-hydrogen) atoms. The molecule has 0 amide bonds. The normalized spacial score (nSPS) is 19.5. The zero-order valence-electron chi connectivity index (χ0n) is 19.4. The van der Waals surface area contributed by atoms with Crippen LogP contribution in [0.25, 0.3) is 11.1 Å².